The van der Waals surface area contributed by atoms with Crippen molar-refractivity contribution in [3.63, 3.8) is 0 Å². The van der Waals surface area contributed by atoms with Gasteiger partial charge in [0.05, 0.1) is 5.92 Å². The predicted molar refractivity (Wildman–Crippen MR) is 98.1 cm³/mol. The molecular formula is C21H24N2O2. The molecule has 0 aromatic heterocycles. The Bertz CT molecular complexity index is 786. The number of rotatable bonds is 3. The molecule has 0 saturated carbocycles. The number of carbonyl (C=O) groups excluding carboxylic acids is 2. The highest BCUT2D eigenvalue weighted by Crippen LogP contribution is 2.28. The Morgan fingerprint density at radius 3 is 2.80 bits per heavy atom. The van der Waals surface area contributed by atoms with Crippen LogP contribution in [0, 0.1) is 5.92 Å². The minimum Gasteiger partial charge on any atom is -0.355 e. The van der Waals surface area contributed by atoms with Crippen molar-refractivity contribution in [3.8, 4) is 0 Å². The van der Waals surface area contributed by atoms with Crippen LogP contribution in [0.5, 0.6) is 0 Å². The summed E-state index contributed by atoms with van der Waals surface area (Å²) in [5, 5.41) is 5.38. The number of likely N-dealkylation sites (tertiary alicyclic amines) is 1. The first kappa shape index (κ1) is 16.1. The summed E-state index contributed by atoms with van der Waals surface area (Å²) >= 11 is 0. The van der Waals surface area contributed by atoms with Gasteiger partial charge < -0.3 is 10.2 Å². The van der Waals surface area contributed by atoms with E-state index in [1.54, 1.807) is 0 Å². The van der Waals surface area contributed by atoms with E-state index in [0.717, 1.165) is 25.8 Å². The van der Waals surface area contributed by atoms with E-state index >= 15 is 0 Å². The number of nitrogens with one attached hydrogen (secondary N) is 1. The van der Waals surface area contributed by atoms with Crippen LogP contribution in [0.25, 0.3) is 10.8 Å². The van der Waals surface area contributed by atoms with Crippen LogP contribution in [0.4, 0.5) is 0 Å². The van der Waals surface area contributed by atoms with Gasteiger partial charge in [0.15, 0.2) is 0 Å². The van der Waals surface area contributed by atoms with E-state index in [2.05, 4.69) is 52.7 Å². The SMILES string of the molecule is O=C1CCC(C(=O)N2CCCC2Cc2cccc3ccccc23)CN1. The predicted octanol–water partition coefficient (Wildman–Crippen LogP) is 2.90. The zero-order valence-corrected chi connectivity index (χ0v) is 14.4. The lowest BCUT2D eigenvalue weighted by molar-refractivity contribution is -0.138. The summed E-state index contributed by atoms with van der Waals surface area (Å²) in [4.78, 5) is 26.4. The highest BCUT2D eigenvalue weighted by molar-refractivity contribution is 5.86. The highest BCUT2D eigenvalue weighted by atomic mass is 16.2. The van der Waals surface area contributed by atoms with Crippen molar-refractivity contribution in [2.75, 3.05) is 13.1 Å². The first-order valence-electron chi connectivity index (χ1n) is 9.26. The van der Waals surface area contributed by atoms with Crippen LogP contribution in [-0.2, 0) is 16.0 Å². The van der Waals surface area contributed by atoms with Gasteiger partial charge in [-0.05, 0) is 42.0 Å². The van der Waals surface area contributed by atoms with Crippen molar-refractivity contribution in [3.05, 3.63) is 48.0 Å². The molecule has 2 heterocycles. The molecule has 2 aliphatic heterocycles. The first-order chi connectivity index (χ1) is 12.2. The summed E-state index contributed by atoms with van der Waals surface area (Å²) in [6, 6.07) is 15.2. The minimum absolute atomic E-state index is 0.0502. The zero-order valence-electron chi connectivity index (χ0n) is 14.4. The second-order valence-corrected chi connectivity index (χ2v) is 7.21. The van der Waals surface area contributed by atoms with Crippen LogP contribution in [0.3, 0.4) is 0 Å². The van der Waals surface area contributed by atoms with Gasteiger partial charge in [-0.1, -0.05) is 42.5 Å². The molecular weight excluding hydrogens is 312 g/mol. The average Bonchev–Trinajstić information content (AvgIpc) is 3.10. The van der Waals surface area contributed by atoms with Gasteiger partial charge >= 0.3 is 0 Å². The van der Waals surface area contributed by atoms with Crippen molar-refractivity contribution in [1.82, 2.24) is 10.2 Å². The molecule has 2 fully saturated rings. The van der Waals surface area contributed by atoms with Crippen LogP contribution in [0.15, 0.2) is 42.5 Å². The number of carbonyl (C=O) groups is 2. The Kier molecular flexibility index (Phi) is 4.43. The minimum atomic E-state index is -0.0502. The Labute approximate surface area is 148 Å². The van der Waals surface area contributed by atoms with Gasteiger partial charge in [-0.15, -0.1) is 0 Å². The number of benzene rings is 2. The van der Waals surface area contributed by atoms with E-state index in [9.17, 15) is 9.59 Å². The maximum atomic E-state index is 12.9. The number of piperidine rings is 1. The third kappa shape index (κ3) is 3.26. The molecule has 1 N–H and O–H groups in total. The summed E-state index contributed by atoms with van der Waals surface area (Å²) < 4.78 is 0. The molecule has 2 amide bonds. The average molecular weight is 336 g/mol. The van der Waals surface area contributed by atoms with Gasteiger partial charge in [0, 0.05) is 25.6 Å². The first-order valence-corrected chi connectivity index (χ1v) is 9.26. The molecule has 130 valence electrons. The molecule has 0 radical (unpaired) electrons. The fraction of sp³-hybridized carbons (Fsp3) is 0.429. The molecule has 2 aromatic carbocycles. The third-order valence-corrected chi connectivity index (χ3v) is 5.61. The van der Waals surface area contributed by atoms with Crippen LogP contribution in [0.1, 0.15) is 31.2 Å². The maximum Gasteiger partial charge on any atom is 0.227 e. The van der Waals surface area contributed by atoms with E-state index < -0.39 is 0 Å². The summed E-state index contributed by atoms with van der Waals surface area (Å²) in [6.07, 6.45) is 4.20. The van der Waals surface area contributed by atoms with Crippen LogP contribution >= 0.6 is 0 Å². The lowest BCUT2D eigenvalue weighted by Gasteiger charge is -2.31. The monoisotopic (exact) mass is 336 g/mol. The largest absolute Gasteiger partial charge is 0.355 e. The molecule has 2 aromatic rings. The normalized spacial score (nSPS) is 23.7. The number of hydrogen-bond acceptors (Lipinski definition) is 2. The molecule has 0 bridgehead atoms. The Balaban J connectivity index is 1.51. The van der Waals surface area contributed by atoms with Crippen molar-refractivity contribution < 1.29 is 9.59 Å². The number of hydrogen-bond donors (Lipinski definition) is 1. The van der Waals surface area contributed by atoms with E-state index in [-0.39, 0.29) is 23.8 Å². The molecule has 2 atom stereocenters. The molecule has 4 nitrogen and oxygen atoms in total. The van der Waals surface area contributed by atoms with Crippen molar-refractivity contribution in [2.45, 2.75) is 38.1 Å². The molecule has 25 heavy (non-hydrogen) atoms. The van der Waals surface area contributed by atoms with Crippen molar-refractivity contribution in [2.24, 2.45) is 5.92 Å². The summed E-state index contributed by atoms with van der Waals surface area (Å²) in [6.45, 7) is 1.34. The van der Waals surface area contributed by atoms with Gasteiger partial charge in [-0.2, -0.15) is 0 Å². The molecule has 4 heteroatoms. The van der Waals surface area contributed by atoms with Gasteiger partial charge in [0.1, 0.15) is 0 Å². The second kappa shape index (κ2) is 6.87. The lowest BCUT2D eigenvalue weighted by atomic mass is 9.95. The van der Waals surface area contributed by atoms with E-state index in [1.807, 2.05) is 0 Å². The van der Waals surface area contributed by atoms with E-state index in [0.29, 0.717) is 19.4 Å². The van der Waals surface area contributed by atoms with E-state index in [1.165, 1.54) is 16.3 Å². The Morgan fingerprint density at radius 2 is 1.96 bits per heavy atom. The van der Waals surface area contributed by atoms with Crippen LogP contribution in [-0.4, -0.2) is 35.8 Å². The van der Waals surface area contributed by atoms with Gasteiger partial charge in [0.2, 0.25) is 11.8 Å². The number of amides is 2. The smallest absolute Gasteiger partial charge is 0.227 e. The molecule has 2 saturated heterocycles. The fourth-order valence-electron chi connectivity index (χ4n) is 4.24. The number of nitrogens with zero attached hydrogens (tertiary/aromatic N) is 1. The van der Waals surface area contributed by atoms with Crippen LogP contribution < -0.4 is 5.32 Å². The van der Waals surface area contributed by atoms with Crippen molar-refractivity contribution >= 4 is 22.6 Å². The van der Waals surface area contributed by atoms with E-state index in [4.69, 9.17) is 0 Å². The summed E-state index contributed by atoms with van der Waals surface area (Å²) in [5.74, 6) is 0.242. The number of fused-ring (bicyclic) bond motifs is 1. The lowest BCUT2D eigenvalue weighted by Crippen LogP contribution is -2.46. The summed E-state index contributed by atoms with van der Waals surface area (Å²) in [5.41, 5.74) is 1.32. The Hall–Kier alpha value is -2.36. The zero-order chi connectivity index (χ0) is 17.2. The molecule has 4 rings (SSSR count). The van der Waals surface area contributed by atoms with Crippen LogP contribution in [0.2, 0.25) is 0 Å². The molecule has 2 aliphatic rings. The topological polar surface area (TPSA) is 49.4 Å². The van der Waals surface area contributed by atoms with Gasteiger partial charge in [-0.25, -0.2) is 0 Å². The maximum absolute atomic E-state index is 12.9. The van der Waals surface area contributed by atoms with Gasteiger partial charge in [0.25, 0.3) is 0 Å². The molecule has 2 unspecified atom stereocenters. The fourth-order valence-corrected chi connectivity index (χ4v) is 4.24. The quantitative estimate of drug-likeness (QED) is 0.937. The third-order valence-electron chi connectivity index (χ3n) is 5.61. The summed E-state index contributed by atoms with van der Waals surface area (Å²) in [7, 11) is 0. The second-order valence-electron chi connectivity index (χ2n) is 7.21. The molecule has 0 aliphatic carbocycles. The van der Waals surface area contributed by atoms with Crippen molar-refractivity contribution in [1.29, 1.82) is 0 Å². The molecule has 0 spiro atoms. The van der Waals surface area contributed by atoms with Gasteiger partial charge in [-0.3, -0.25) is 9.59 Å². The standard InChI is InChI=1S/C21H24N2O2/c24-20-11-10-17(14-22-20)21(25)23-12-4-8-18(23)13-16-7-3-6-15-5-1-2-9-19(15)16/h1-3,5-7,9,17-18H,4,8,10-14H2,(H,22,24). The Morgan fingerprint density at radius 1 is 1.12 bits per heavy atom. The highest BCUT2D eigenvalue weighted by Gasteiger charge is 2.34.